The molecule has 0 aliphatic rings. The lowest BCUT2D eigenvalue weighted by Gasteiger charge is -2.07. The van der Waals surface area contributed by atoms with Gasteiger partial charge in [0.05, 0.1) is 16.7 Å². The number of pyridine rings is 1. The van der Waals surface area contributed by atoms with Crippen molar-refractivity contribution in [1.29, 1.82) is 0 Å². The predicted octanol–water partition coefficient (Wildman–Crippen LogP) is 3.34. The summed E-state index contributed by atoms with van der Waals surface area (Å²) in [5.74, 6) is -0.132. The number of aromatic nitrogens is 3. The van der Waals surface area contributed by atoms with Crippen LogP contribution in [-0.4, -0.2) is 20.5 Å². The van der Waals surface area contributed by atoms with Gasteiger partial charge in [0.25, 0.3) is 0 Å². The summed E-state index contributed by atoms with van der Waals surface area (Å²) >= 11 is 6.10. The molecule has 0 spiro atoms. The third-order valence-corrected chi connectivity index (χ3v) is 3.48. The highest BCUT2D eigenvalue weighted by Gasteiger charge is 2.20. The van der Waals surface area contributed by atoms with E-state index in [1.54, 1.807) is 16.9 Å². The summed E-state index contributed by atoms with van der Waals surface area (Å²) < 4.78 is 1.61. The van der Waals surface area contributed by atoms with E-state index in [1.807, 2.05) is 31.2 Å². The van der Waals surface area contributed by atoms with Gasteiger partial charge in [-0.25, -0.2) is 0 Å². The highest BCUT2D eigenvalue weighted by Crippen LogP contribution is 2.23. The fourth-order valence-corrected chi connectivity index (χ4v) is 2.48. The van der Waals surface area contributed by atoms with Gasteiger partial charge in [-0.1, -0.05) is 29.8 Å². The molecule has 0 bridgehead atoms. The quantitative estimate of drug-likeness (QED) is 0.694. The van der Waals surface area contributed by atoms with Crippen molar-refractivity contribution in [2.24, 2.45) is 0 Å². The molecular formula is C15H12ClN3O. The Labute approximate surface area is 121 Å². The van der Waals surface area contributed by atoms with Gasteiger partial charge in [-0.3, -0.25) is 14.5 Å². The first-order chi connectivity index (χ1) is 9.72. The van der Waals surface area contributed by atoms with Crippen molar-refractivity contribution >= 4 is 28.3 Å². The minimum atomic E-state index is -0.132. The van der Waals surface area contributed by atoms with Crippen LogP contribution in [0, 0.1) is 0 Å². The highest BCUT2D eigenvalue weighted by molar-refractivity contribution is 6.35. The van der Waals surface area contributed by atoms with E-state index in [0.717, 1.165) is 10.9 Å². The average Bonchev–Trinajstić information content (AvgIpc) is 2.87. The number of fused-ring (bicyclic) bond motifs is 1. The molecule has 0 fully saturated rings. The van der Waals surface area contributed by atoms with Crippen LogP contribution in [0.3, 0.4) is 0 Å². The van der Waals surface area contributed by atoms with Crippen LogP contribution in [0.2, 0.25) is 5.02 Å². The molecule has 0 aliphatic carbocycles. The molecular weight excluding hydrogens is 274 g/mol. The van der Waals surface area contributed by atoms with E-state index in [0.29, 0.717) is 22.8 Å². The first-order valence-electron chi connectivity index (χ1n) is 6.32. The Morgan fingerprint density at radius 3 is 2.95 bits per heavy atom. The van der Waals surface area contributed by atoms with Crippen LogP contribution in [0.25, 0.3) is 10.9 Å². The minimum Gasteiger partial charge on any atom is -0.287 e. The maximum absolute atomic E-state index is 12.7. The monoisotopic (exact) mass is 285 g/mol. The van der Waals surface area contributed by atoms with Gasteiger partial charge in [-0.2, -0.15) is 5.10 Å². The SMILES string of the molecule is CCn1ncc(Cl)c1C(=O)c1cccc2ncccc12. The second-order valence-electron chi connectivity index (χ2n) is 4.36. The maximum atomic E-state index is 12.7. The van der Waals surface area contributed by atoms with Gasteiger partial charge in [-0.15, -0.1) is 0 Å². The van der Waals surface area contributed by atoms with E-state index in [1.165, 1.54) is 6.20 Å². The molecule has 0 unspecified atom stereocenters. The van der Waals surface area contributed by atoms with Crippen LogP contribution in [0.5, 0.6) is 0 Å². The second kappa shape index (κ2) is 5.06. The van der Waals surface area contributed by atoms with Crippen molar-refractivity contribution in [2.45, 2.75) is 13.5 Å². The lowest BCUT2D eigenvalue weighted by atomic mass is 10.0. The molecule has 0 saturated heterocycles. The summed E-state index contributed by atoms with van der Waals surface area (Å²) in [5, 5.41) is 5.30. The van der Waals surface area contributed by atoms with Gasteiger partial charge in [0.1, 0.15) is 5.69 Å². The Morgan fingerprint density at radius 1 is 1.30 bits per heavy atom. The Bertz CT molecular complexity index is 789. The van der Waals surface area contributed by atoms with Crippen molar-refractivity contribution in [1.82, 2.24) is 14.8 Å². The summed E-state index contributed by atoms with van der Waals surface area (Å²) in [6.45, 7) is 2.52. The van der Waals surface area contributed by atoms with Gasteiger partial charge >= 0.3 is 0 Å². The topological polar surface area (TPSA) is 47.8 Å². The molecule has 2 aromatic heterocycles. The number of rotatable bonds is 3. The third kappa shape index (κ3) is 1.98. The minimum absolute atomic E-state index is 0.132. The molecule has 0 aliphatic heterocycles. The molecule has 4 nitrogen and oxygen atoms in total. The summed E-state index contributed by atoms with van der Waals surface area (Å²) in [6.07, 6.45) is 3.21. The first kappa shape index (κ1) is 12.8. The van der Waals surface area contributed by atoms with E-state index in [4.69, 9.17) is 11.6 Å². The van der Waals surface area contributed by atoms with Crippen molar-refractivity contribution < 1.29 is 4.79 Å². The number of carbonyl (C=O) groups is 1. The Hall–Kier alpha value is -2.20. The average molecular weight is 286 g/mol. The molecule has 0 radical (unpaired) electrons. The number of halogens is 1. The van der Waals surface area contributed by atoms with Gasteiger partial charge in [0, 0.05) is 23.7 Å². The number of hydrogen-bond donors (Lipinski definition) is 0. The molecule has 2 heterocycles. The maximum Gasteiger partial charge on any atom is 0.213 e. The molecule has 100 valence electrons. The van der Waals surface area contributed by atoms with Crippen LogP contribution < -0.4 is 0 Å². The molecule has 0 N–H and O–H groups in total. The predicted molar refractivity (Wildman–Crippen MR) is 78.1 cm³/mol. The van der Waals surface area contributed by atoms with E-state index < -0.39 is 0 Å². The van der Waals surface area contributed by atoms with Gasteiger partial charge < -0.3 is 0 Å². The Morgan fingerprint density at radius 2 is 2.15 bits per heavy atom. The Balaban J connectivity index is 2.20. The van der Waals surface area contributed by atoms with Crippen LogP contribution >= 0.6 is 11.6 Å². The summed E-state index contributed by atoms with van der Waals surface area (Å²) in [5.41, 5.74) is 1.80. The van der Waals surface area contributed by atoms with E-state index in [9.17, 15) is 4.79 Å². The Kier molecular flexibility index (Phi) is 3.24. The highest BCUT2D eigenvalue weighted by atomic mass is 35.5. The summed E-state index contributed by atoms with van der Waals surface area (Å²) in [6, 6.07) is 9.19. The molecule has 0 amide bonds. The molecule has 3 aromatic rings. The number of carbonyl (C=O) groups excluding carboxylic acids is 1. The molecule has 3 rings (SSSR count). The third-order valence-electron chi connectivity index (χ3n) is 3.20. The molecule has 1 aromatic carbocycles. The van der Waals surface area contributed by atoms with Crippen molar-refractivity contribution in [2.75, 3.05) is 0 Å². The van der Waals surface area contributed by atoms with Crippen LogP contribution in [0.4, 0.5) is 0 Å². The van der Waals surface area contributed by atoms with E-state index >= 15 is 0 Å². The fraction of sp³-hybridized carbons (Fsp3) is 0.133. The first-order valence-corrected chi connectivity index (χ1v) is 6.70. The van der Waals surface area contributed by atoms with Crippen molar-refractivity contribution in [3.8, 4) is 0 Å². The number of nitrogens with zero attached hydrogens (tertiary/aromatic N) is 3. The molecule has 0 saturated carbocycles. The number of benzene rings is 1. The van der Waals surface area contributed by atoms with Crippen molar-refractivity contribution in [3.63, 3.8) is 0 Å². The van der Waals surface area contributed by atoms with Crippen LogP contribution in [0.15, 0.2) is 42.7 Å². The molecule has 0 atom stereocenters. The zero-order valence-corrected chi connectivity index (χ0v) is 11.6. The lowest BCUT2D eigenvalue weighted by molar-refractivity contribution is 0.103. The van der Waals surface area contributed by atoms with Crippen molar-refractivity contribution in [3.05, 3.63) is 59.0 Å². The van der Waals surface area contributed by atoms with Crippen LogP contribution in [-0.2, 0) is 6.54 Å². The number of hydrogen-bond acceptors (Lipinski definition) is 3. The molecule has 20 heavy (non-hydrogen) atoms. The second-order valence-corrected chi connectivity index (χ2v) is 4.77. The normalized spacial score (nSPS) is 10.9. The molecule has 5 heteroatoms. The number of ketones is 1. The van der Waals surface area contributed by atoms with Gasteiger partial charge in [-0.05, 0) is 19.1 Å². The standard InChI is InChI=1S/C15H12ClN3O/c1-2-19-14(12(16)9-18-19)15(20)11-5-3-7-13-10(11)6-4-8-17-13/h3-9H,2H2,1H3. The summed E-state index contributed by atoms with van der Waals surface area (Å²) in [4.78, 5) is 17.0. The zero-order chi connectivity index (χ0) is 14.1. The van der Waals surface area contributed by atoms with Gasteiger partial charge in [0.2, 0.25) is 5.78 Å². The van der Waals surface area contributed by atoms with Gasteiger partial charge in [0.15, 0.2) is 0 Å². The smallest absolute Gasteiger partial charge is 0.213 e. The van der Waals surface area contributed by atoms with E-state index in [-0.39, 0.29) is 5.78 Å². The van der Waals surface area contributed by atoms with Crippen LogP contribution in [0.1, 0.15) is 23.0 Å². The fourth-order valence-electron chi connectivity index (χ4n) is 2.26. The zero-order valence-electron chi connectivity index (χ0n) is 10.9. The van der Waals surface area contributed by atoms with E-state index in [2.05, 4.69) is 10.1 Å². The summed E-state index contributed by atoms with van der Waals surface area (Å²) in [7, 11) is 0. The number of aryl methyl sites for hydroxylation is 1. The largest absolute Gasteiger partial charge is 0.287 e. The lowest BCUT2D eigenvalue weighted by Crippen LogP contribution is -2.11.